The monoisotopic (exact) mass is 421 g/mol. The van der Waals surface area contributed by atoms with Crippen molar-refractivity contribution >= 4 is 42.3 Å². The zero-order valence-corrected chi connectivity index (χ0v) is 16.1. The van der Waals surface area contributed by atoms with Crippen LogP contribution < -0.4 is 27.4 Å². The Labute approximate surface area is 167 Å². The number of aliphatic carboxylic acids is 2. The molecule has 3 atom stereocenters. The number of rotatable bonds is 14. The lowest BCUT2D eigenvalue weighted by molar-refractivity contribution is -0.143. The van der Waals surface area contributed by atoms with Gasteiger partial charge in [-0.05, 0) is 19.4 Å². The average molecular weight is 421 g/mol. The molecular formula is C15H27N5O7S. The molecule has 0 heterocycles. The van der Waals surface area contributed by atoms with Crippen LogP contribution in [0.3, 0.4) is 0 Å². The van der Waals surface area contributed by atoms with Crippen molar-refractivity contribution in [1.82, 2.24) is 16.0 Å². The summed E-state index contributed by atoms with van der Waals surface area (Å²) in [7, 11) is 0. The number of nitrogens with two attached hydrogens (primary N) is 2. The second kappa shape index (κ2) is 13.7. The lowest BCUT2D eigenvalue weighted by Gasteiger charge is -2.20. The number of nitrogens with one attached hydrogen (secondary N) is 3. The fraction of sp³-hybridized carbons (Fsp3) is 0.667. The normalized spacial score (nSPS) is 13.7. The highest BCUT2D eigenvalue weighted by molar-refractivity contribution is 7.80. The van der Waals surface area contributed by atoms with Crippen LogP contribution >= 0.6 is 12.6 Å². The molecule has 28 heavy (non-hydrogen) atoms. The zero-order chi connectivity index (χ0) is 21.7. The highest BCUT2D eigenvalue weighted by Gasteiger charge is 2.27. The summed E-state index contributed by atoms with van der Waals surface area (Å²) >= 11 is 3.78. The maximum atomic E-state index is 12.1. The largest absolute Gasteiger partial charge is 0.481 e. The Morgan fingerprint density at radius 3 is 2.11 bits per heavy atom. The van der Waals surface area contributed by atoms with Crippen molar-refractivity contribution < 1.29 is 34.2 Å². The summed E-state index contributed by atoms with van der Waals surface area (Å²) in [6.45, 7) is -0.0541. The average Bonchev–Trinajstić information content (AvgIpc) is 2.62. The van der Waals surface area contributed by atoms with Gasteiger partial charge in [0.1, 0.15) is 12.1 Å². The van der Waals surface area contributed by atoms with Gasteiger partial charge in [0, 0.05) is 5.75 Å². The molecule has 0 radical (unpaired) electrons. The van der Waals surface area contributed by atoms with E-state index in [1.54, 1.807) is 0 Å². The number of carbonyl (C=O) groups excluding carboxylic acids is 3. The van der Waals surface area contributed by atoms with Crippen LogP contribution in [0.15, 0.2) is 0 Å². The van der Waals surface area contributed by atoms with Gasteiger partial charge in [-0.2, -0.15) is 12.6 Å². The zero-order valence-electron chi connectivity index (χ0n) is 15.2. The number of hydrogen-bond acceptors (Lipinski definition) is 8. The van der Waals surface area contributed by atoms with Gasteiger partial charge in [-0.3, -0.25) is 19.2 Å². The van der Waals surface area contributed by atoms with E-state index in [9.17, 15) is 24.0 Å². The van der Waals surface area contributed by atoms with E-state index in [0.29, 0.717) is 25.8 Å². The molecule has 0 rings (SSSR count). The van der Waals surface area contributed by atoms with Gasteiger partial charge >= 0.3 is 11.9 Å². The third-order valence-corrected chi connectivity index (χ3v) is 3.92. The highest BCUT2D eigenvalue weighted by Crippen LogP contribution is 1.99. The minimum Gasteiger partial charge on any atom is -0.481 e. The molecular weight excluding hydrogens is 394 g/mol. The van der Waals surface area contributed by atoms with Crippen LogP contribution in [0, 0.1) is 0 Å². The Morgan fingerprint density at radius 2 is 1.61 bits per heavy atom. The Balaban J connectivity index is 4.68. The lowest BCUT2D eigenvalue weighted by Crippen LogP contribution is -2.54. The summed E-state index contributed by atoms with van der Waals surface area (Å²) in [6.07, 6.45) is 0.961. The van der Waals surface area contributed by atoms with Crippen molar-refractivity contribution in [3.8, 4) is 0 Å². The molecule has 12 nitrogen and oxygen atoms in total. The Hall–Kier alpha value is -2.38. The summed E-state index contributed by atoms with van der Waals surface area (Å²) in [6, 6.07) is -3.71. The molecule has 3 unspecified atom stereocenters. The molecule has 3 amide bonds. The van der Waals surface area contributed by atoms with Crippen molar-refractivity contribution in [3.05, 3.63) is 0 Å². The van der Waals surface area contributed by atoms with Gasteiger partial charge in [0.25, 0.3) is 0 Å². The van der Waals surface area contributed by atoms with Crippen molar-refractivity contribution in [2.75, 3.05) is 18.8 Å². The van der Waals surface area contributed by atoms with Gasteiger partial charge in [-0.1, -0.05) is 6.42 Å². The molecule has 0 aliphatic heterocycles. The van der Waals surface area contributed by atoms with Gasteiger partial charge < -0.3 is 37.6 Å². The standard InChI is InChI=1S/C15H27N5O7S/c16-4-2-1-3-8(17)13(24)18-6-11(21)19-9(5-12(22)23)14(25)20-10(7-28)15(26)27/h8-10,28H,1-7,16-17H2,(H,18,24)(H,19,21)(H,20,25)(H,22,23)(H,26,27). The van der Waals surface area contributed by atoms with E-state index in [1.165, 1.54) is 0 Å². The van der Waals surface area contributed by atoms with Crippen molar-refractivity contribution in [1.29, 1.82) is 0 Å². The molecule has 9 N–H and O–H groups in total. The van der Waals surface area contributed by atoms with E-state index in [0.717, 1.165) is 0 Å². The summed E-state index contributed by atoms with van der Waals surface area (Å²) in [5.74, 6) is -5.38. The number of amides is 3. The van der Waals surface area contributed by atoms with E-state index >= 15 is 0 Å². The van der Waals surface area contributed by atoms with Gasteiger partial charge in [-0.15, -0.1) is 0 Å². The van der Waals surface area contributed by atoms with Crippen LogP contribution in [-0.4, -0.2) is 76.8 Å². The van der Waals surface area contributed by atoms with E-state index in [1.807, 2.05) is 0 Å². The molecule has 0 saturated carbocycles. The molecule has 0 fully saturated rings. The van der Waals surface area contributed by atoms with Gasteiger partial charge in [-0.25, -0.2) is 4.79 Å². The number of carbonyl (C=O) groups is 5. The minimum absolute atomic E-state index is 0.229. The second-order valence-electron chi connectivity index (χ2n) is 5.91. The van der Waals surface area contributed by atoms with E-state index in [2.05, 4.69) is 28.6 Å². The second-order valence-corrected chi connectivity index (χ2v) is 6.27. The first-order valence-electron chi connectivity index (χ1n) is 8.50. The van der Waals surface area contributed by atoms with Gasteiger partial charge in [0.05, 0.1) is 19.0 Å². The summed E-state index contributed by atoms with van der Waals surface area (Å²) < 4.78 is 0. The first-order chi connectivity index (χ1) is 13.1. The number of hydrogen-bond donors (Lipinski definition) is 8. The third-order valence-electron chi connectivity index (χ3n) is 3.56. The topological polar surface area (TPSA) is 214 Å². The maximum Gasteiger partial charge on any atom is 0.327 e. The van der Waals surface area contributed by atoms with Crippen LogP contribution in [0.4, 0.5) is 0 Å². The summed E-state index contributed by atoms with van der Waals surface area (Å²) in [5.41, 5.74) is 11.0. The SMILES string of the molecule is NCCCCC(N)C(=O)NCC(=O)NC(CC(=O)O)C(=O)NC(CS)C(=O)O. The maximum absolute atomic E-state index is 12.1. The molecule has 0 bridgehead atoms. The number of unbranched alkanes of at least 4 members (excludes halogenated alkanes) is 1. The molecule has 0 saturated heterocycles. The van der Waals surface area contributed by atoms with Gasteiger partial charge in [0.15, 0.2) is 0 Å². The summed E-state index contributed by atoms with van der Waals surface area (Å²) in [4.78, 5) is 57.7. The van der Waals surface area contributed by atoms with Crippen LogP contribution in [-0.2, 0) is 24.0 Å². The first-order valence-corrected chi connectivity index (χ1v) is 9.14. The Morgan fingerprint density at radius 1 is 0.964 bits per heavy atom. The molecule has 0 aromatic rings. The van der Waals surface area contributed by atoms with Crippen molar-refractivity contribution in [3.63, 3.8) is 0 Å². The molecule has 13 heteroatoms. The highest BCUT2D eigenvalue weighted by atomic mass is 32.1. The van der Waals surface area contributed by atoms with Crippen LogP contribution in [0.5, 0.6) is 0 Å². The Kier molecular flexibility index (Phi) is 12.6. The van der Waals surface area contributed by atoms with E-state index < -0.39 is 60.8 Å². The first kappa shape index (κ1) is 25.6. The molecule has 0 spiro atoms. The van der Waals surface area contributed by atoms with Crippen LogP contribution in [0.1, 0.15) is 25.7 Å². The fourth-order valence-electron chi connectivity index (χ4n) is 2.03. The quantitative estimate of drug-likeness (QED) is 0.106. The minimum atomic E-state index is -1.53. The predicted molar refractivity (Wildman–Crippen MR) is 101 cm³/mol. The predicted octanol–water partition coefficient (Wildman–Crippen LogP) is -2.98. The number of carboxylic acid groups (broad SMARTS) is 2. The van der Waals surface area contributed by atoms with Crippen molar-refractivity contribution in [2.24, 2.45) is 11.5 Å². The number of carboxylic acids is 2. The smallest absolute Gasteiger partial charge is 0.327 e. The third kappa shape index (κ3) is 10.7. The number of thiol groups is 1. The fourth-order valence-corrected chi connectivity index (χ4v) is 2.27. The lowest BCUT2D eigenvalue weighted by atomic mass is 10.1. The molecule has 160 valence electrons. The van der Waals surface area contributed by atoms with Gasteiger partial charge in [0.2, 0.25) is 17.7 Å². The van der Waals surface area contributed by atoms with Crippen LogP contribution in [0.25, 0.3) is 0 Å². The Bertz CT molecular complexity index is 575. The molecule has 0 aromatic heterocycles. The van der Waals surface area contributed by atoms with Crippen molar-refractivity contribution in [2.45, 2.75) is 43.8 Å². The molecule has 0 aliphatic rings. The molecule has 0 aliphatic carbocycles. The molecule has 0 aromatic carbocycles. The van der Waals surface area contributed by atoms with E-state index in [4.69, 9.17) is 21.7 Å². The van der Waals surface area contributed by atoms with E-state index in [-0.39, 0.29) is 5.75 Å². The van der Waals surface area contributed by atoms with Crippen LogP contribution in [0.2, 0.25) is 0 Å². The summed E-state index contributed by atoms with van der Waals surface area (Å²) in [5, 5.41) is 24.3.